The first-order valence-corrected chi connectivity index (χ1v) is 7.19. The molecule has 100 valence electrons. The number of halogens is 1. The third-order valence-corrected chi connectivity index (χ3v) is 4.30. The van der Waals surface area contributed by atoms with E-state index in [0.29, 0.717) is 0 Å². The summed E-state index contributed by atoms with van der Waals surface area (Å²) in [5.74, 6) is 0.286. The summed E-state index contributed by atoms with van der Waals surface area (Å²) in [4.78, 5) is 11.9. The molecule has 0 aliphatic carbocycles. The lowest BCUT2D eigenvalue weighted by Crippen LogP contribution is -2.28. The summed E-state index contributed by atoms with van der Waals surface area (Å²) >= 11 is 3.43. The molecule has 0 aromatic heterocycles. The highest BCUT2D eigenvalue weighted by Crippen LogP contribution is 2.29. The highest BCUT2D eigenvalue weighted by atomic mass is 79.9. The highest BCUT2D eigenvalue weighted by Gasteiger charge is 2.22. The van der Waals surface area contributed by atoms with Crippen molar-refractivity contribution in [3.8, 4) is 0 Å². The van der Waals surface area contributed by atoms with Crippen LogP contribution >= 0.6 is 15.9 Å². The average molecular weight is 312 g/mol. The Kier molecular flexibility index (Phi) is 4.97. The third kappa shape index (κ3) is 3.84. The van der Waals surface area contributed by atoms with Crippen molar-refractivity contribution < 1.29 is 4.79 Å². The van der Waals surface area contributed by atoms with Crippen LogP contribution in [-0.4, -0.2) is 10.7 Å². The molecule has 1 rings (SSSR count). The zero-order valence-electron chi connectivity index (χ0n) is 11.8. The van der Waals surface area contributed by atoms with Crippen molar-refractivity contribution in [1.29, 1.82) is 0 Å². The third-order valence-electron chi connectivity index (χ3n) is 2.83. The number of carbonyl (C=O) groups is 1. The van der Waals surface area contributed by atoms with Crippen LogP contribution in [0, 0.1) is 5.92 Å². The molecule has 0 aliphatic rings. The van der Waals surface area contributed by atoms with Crippen LogP contribution in [0.3, 0.4) is 0 Å². The topological polar surface area (TPSA) is 29.1 Å². The van der Waals surface area contributed by atoms with E-state index >= 15 is 0 Å². The second-order valence-corrected chi connectivity index (χ2v) is 6.92. The number of carbonyl (C=O) groups excluding carboxylic acids is 1. The van der Waals surface area contributed by atoms with Gasteiger partial charge in [-0.3, -0.25) is 4.79 Å². The minimum atomic E-state index is -0.162. The van der Waals surface area contributed by atoms with E-state index in [1.165, 1.54) is 0 Å². The van der Waals surface area contributed by atoms with Crippen molar-refractivity contribution in [1.82, 2.24) is 0 Å². The summed E-state index contributed by atoms with van der Waals surface area (Å²) in [6.07, 6.45) is 0. The molecule has 0 saturated heterocycles. The van der Waals surface area contributed by atoms with Crippen LogP contribution in [0.15, 0.2) is 24.3 Å². The zero-order valence-corrected chi connectivity index (χ0v) is 13.3. The van der Waals surface area contributed by atoms with E-state index in [1.807, 2.05) is 32.0 Å². The van der Waals surface area contributed by atoms with Gasteiger partial charge in [0, 0.05) is 5.69 Å². The monoisotopic (exact) mass is 311 g/mol. The van der Waals surface area contributed by atoms with E-state index < -0.39 is 0 Å². The van der Waals surface area contributed by atoms with Crippen molar-refractivity contribution in [3.63, 3.8) is 0 Å². The lowest BCUT2D eigenvalue weighted by Gasteiger charge is -2.24. The lowest BCUT2D eigenvalue weighted by atomic mass is 9.86. The Bertz CT molecular complexity index is 421. The molecule has 0 radical (unpaired) electrons. The average Bonchev–Trinajstić information content (AvgIpc) is 2.27. The maximum atomic E-state index is 12.1. The summed E-state index contributed by atoms with van der Waals surface area (Å²) in [7, 11) is 0. The van der Waals surface area contributed by atoms with Gasteiger partial charge in [0.05, 0.1) is 4.83 Å². The van der Waals surface area contributed by atoms with E-state index in [-0.39, 0.29) is 22.1 Å². The number of benzene rings is 1. The molecule has 3 heteroatoms. The summed E-state index contributed by atoms with van der Waals surface area (Å²) < 4.78 is 0. The standard InChI is InChI=1S/C15H22BrNO/c1-10(2)13(16)14(18)17-12-9-7-6-8-11(12)15(3,4)5/h6-10,13H,1-5H3,(H,17,18). The van der Waals surface area contributed by atoms with Crippen LogP contribution < -0.4 is 5.32 Å². The Labute approximate surface area is 118 Å². The van der Waals surface area contributed by atoms with Crippen LogP contribution in [0.5, 0.6) is 0 Å². The second-order valence-electron chi connectivity index (χ2n) is 5.93. The predicted molar refractivity (Wildman–Crippen MR) is 81.3 cm³/mol. The Hall–Kier alpha value is -0.830. The van der Waals surface area contributed by atoms with Crippen molar-refractivity contribution in [2.45, 2.75) is 44.9 Å². The first kappa shape index (κ1) is 15.2. The summed E-state index contributed by atoms with van der Waals surface area (Å²) in [5.41, 5.74) is 2.07. The van der Waals surface area contributed by atoms with Gasteiger partial charge in [-0.1, -0.05) is 68.7 Å². The molecule has 2 nitrogen and oxygen atoms in total. The first-order valence-electron chi connectivity index (χ1n) is 6.28. The fourth-order valence-corrected chi connectivity index (χ4v) is 1.87. The predicted octanol–water partition coefficient (Wildman–Crippen LogP) is 4.34. The molecule has 0 bridgehead atoms. The van der Waals surface area contributed by atoms with E-state index in [2.05, 4.69) is 48.1 Å². The van der Waals surface area contributed by atoms with Crippen LogP contribution in [0.25, 0.3) is 0 Å². The van der Waals surface area contributed by atoms with Crippen molar-refractivity contribution >= 4 is 27.5 Å². The first-order chi connectivity index (χ1) is 8.23. The Morgan fingerprint density at radius 2 is 1.78 bits per heavy atom. The maximum Gasteiger partial charge on any atom is 0.238 e. The van der Waals surface area contributed by atoms with Gasteiger partial charge in [0.2, 0.25) is 5.91 Å². The molecule has 0 heterocycles. The fraction of sp³-hybridized carbons (Fsp3) is 0.533. The molecule has 1 aromatic carbocycles. The van der Waals surface area contributed by atoms with Crippen LogP contribution in [0.2, 0.25) is 0 Å². The smallest absolute Gasteiger partial charge is 0.238 e. The summed E-state index contributed by atoms with van der Waals surface area (Å²) in [6, 6.07) is 7.97. The molecule has 0 aliphatic heterocycles. The van der Waals surface area contributed by atoms with Gasteiger partial charge < -0.3 is 5.32 Å². The van der Waals surface area contributed by atoms with Gasteiger partial charge in [0.25, 0.3) is 0 Å². The van der Waals surface area contributed by atoms with E-state index in [9.17, 15) is 4.79 Å². The largest absolute Gasteiger partial charge is 0.325 e. The fourth-order valence-electron chi connectivity index (χ4n) is 1.75. The van der Waals surface area contributed by atoms with Crippen molar-refractivity contribution in [3.05, 3.63) is 29.8 Å². The number of para-hydroxylation sites is 1. The number of rotatable bonds is 3. The van der Waals surface area contributed by atoms with Gasteiger partial charge in [0.15, 0.2) is 0 Å². The second kappa shape index (κ2) is 5.87. The van der Waals surface area contributed by atoms with E-state index in [1.54, 1.807) is 0 Å². The van der Waals surface area contributed by atoms with Crippen LogP contribution in [0.4, 0.5) is 5.69 Å². The molecular formula is C15H22BrNO. The molecule has 0 fully saturated rings. The molecule has 1 unspecified atom stereocenters. The Morgan fingerprint density at radius 3 is 2.28 bits per heavy atom. The SMILES string of the molecule is CC(C)C(Br)C(=O)Nc1ccccc1C(C)(C)C. The Balaban J connectivity index is 2.95. The molecule has 1 amide bonds. The van der Waals surface area contributed by atoms with Gasteiger partial charge in [-0.2, -0.15) is 0 Å². The number of hydrogen-bond acceptors (Lipinski definition) is 1. The molecule has 1 N–H and O–H groups in total. The van der Waals surface area contributed by atoms with Crippen molar-refractivity contribution in [2.75, 3.05) is 5.32 Å². The molecule has 1 atom stereocenters. The minimum Gasteiger partial charge on any atom is -0.325 e. The number of alkyl halides is 1. The molecule has 0 spiro atoms. The maximum absolute atomic E-state index is 12.1. The number of amides is 1. The number of nitrogens with one attached hydrogen (secondary N) is 1. The molecular weight excluding hydrogens is 290 g/mol. The van der Waals surface area contributed by atoms with E-state index in [0.717, 1.165) is 11.3 Å². The molecule has 18 heavy (non-hydrogen) atoms. The van der Waals surface area contributed by atoms with Gasteiger partial charge in [-0.15, -0.1) is 0 Å². The summed E-state index contributed by atoms with van der Waals surface area (Å²) in [5, 5.41) is 3.01. The van der Waals surface area contributed by atoms with Gasteiger partial charge in [-0.05, 0) is 23.0 Å². The normalized spacial score (nSPS) is 13.5. The van der Waals surface area contributed by atoms with Gasteiger partial charge in [0.1, 0.15) is 0 Å². The number of hydrogen-bond donors (Lipinski definition) is 1. The Morgan fingerprint density at radius 1 is 1.22 bits per heavy atom. The quantitative estimate of drug-likeness (QED) is 0.826. The van der Waals surface area contributed by atoms with Gasteiger partial charge >= 0.3 is 0 Å². The molecule has 1 aromatic rings. The zero-order chi connectivity index (χ0) is 13.9. The number of anilines is 1. The van der Waals surface area contributed by atoms with Crippen molar-refractivity contribution in [2.24, 2.45) is 5.92 Å². The van der Waals surface area contributed by atoms with E-state index in [4.69, 9.17) is 0 Å². The van der Waals surface area contributed by atoms with Crippen LogP contribution in [-0.2, 0) is 10.2 Å². The van der Waals surface area contributed by atoms with Gasteiger partial charge in [-0.25, -0.2) is 0 Å². The van der Waals surface area contributed by atoms with Crippen LogP contribution in [0.1, 0.15) is 40.2 Å². The summed E-state index contributed by atoms with van der Waals surface area (Å²) in [6.45, 7) is 10.5. The lowest BCUT2D eigenvalue weighted by molar-refractivity contribution is -0.116. The minimum absolute atomic E-state index is 0.0155. The molecule has 0 saturated carbocycles. The highest BCUT2D eigenvalue weighted by molar-refractivity contribution is 9.10.